The number of nitrogens with zero attached hydrogens (tertiary/aromatic N) is 1. The van der Waals surface area contributed by atoms with Crippen LogP contribution in [0.25, 0.3) is 6.08 Å². The summed E-state index contributed by atoms with van der Waals surface area (Å²) in [7, 11) is 0. The van der Waals surface area contributed by atoms with E-state index in [1.807, 2.05) is 0 Å². The number of halogens is 2. The van der Waals surface area contributed by atoms with Crippen LogP contribution in [0.4, 0.5) is 11.4 Å². The van der Waals surface area contributed by atoms with E-state index in [1.165, 1.54) is 36.4 Å². The van der Waals surface area contributed by atoms with Gasteiger partial charge in [-0.25, -0.2) is 4.79 Å². The molecule has 2 aromatic carbocycles. The van der Waals surface area contributed by atoms with E-state index in [1.54, 1.807) is 12.1 Å². The van der Waals surface area contributed by atoms with Crippen molar-refractivity contribution in [3.8, 4) is 0 Å². The Morgan fingerprint density at radius 2 is 1.85 bits per heavy atom. The van der Waals surface area contributed by atoms with Gasteiger partial charge in [-0.2, -0.15) is 0 Å². The molecule has 0 fully saturated rings. The van der Waals surface area contributed by atoms with E-state index in [9.17, 15) is 19.7 Å². The summed E-state index contributed by atoms with van der Waals surface area (Å²) in [6.07, 6.45) is 2.57. The molecule has 0 unspecified atom stereocenters. The summed E-state index contributed by atoms with van der Waals surface area (Å²) in [6.45, 7) is -0.505. The summed E-state index contributed by atoms with van der Waals surface area (Å²) in [6, 6.07) is 10.0. The van der Waals surface area contributed by atoms with Crippen molar-refractivity contribution in [3.63, 3.8) is 0 Å². The van der Waals surface area contributed by atoms with E-state index >= 15 is 0 Å². The molecule has 0 aliphatic heterocycles. The quantitative estimate of drug-likeness (QED) is 0.344. The Labute approximate surface area is 158 Å². The van der Waals surface area contributed by atoms with Gasteiger partial charge >= 0.3 is 5.97 Å². The predicted molar refractivity (Wildman–Crippen MR) is 98.2 cm³/mol. The van der Waals surface area contributed by atoms with Crippen molar-refractivity contribution in [1.82, 2.24) is 0 Å². The largest absolute Gasteiger partial charge is 0.452 e. The van der Waals surface area contributed by atoms with E-state index in [2.05, 4.69) is 5.32 Å². The predicted octanol–water partition coefficient (Wildman–Crippen LogP) is 4.10. The molecule has 0 aliphatic carbocycles. The van der Waals surface area contributed by atoms with Gasteiger partial charge in [-0.15, -0.1) is 0 Å². The zero-order valence-electron chi connectivity index (χ0n) is 13.1. The first-order valence-electron chi connectivity index (χ1n) is 7.19. The van der Waals surface area contributed by atoms with Crippen LogP contribution in [0.2, 0.25) is 10.0 Å². The summed E-state index contributed by atoms with van der Waals surface area (Å²) in [5.41, 5.74) is 0.823. The summed E-state index contributed by atoms with van der Waals surface area (Å²) in [4.78, 5) is 33.4. The maximum atomic E-state index is 11.7. The first-order valence-corrected chi connectivity index (χ1v) is 7.95. The third-order valence-corrected chi connectivity index (χ3v) is 3.63. The van der Waals surface area contributed by atoms with E-state index in [0.717, 1.165) is 6.08 Å². The number of nitrogens with one attached hydrogen (secondary N) is 1. The highest BCUT2D eigenvalue weighted by Crippen LogP contribution is 2.22. The van der Waals surface area contributed by atoms with Crippen LogP contribution in [0, 0.1) is 10.1 Å². The van der Waals surface area contributed by atoms with E-state index in [4.69, 9.17) is 27.9 Å². The molecule has 0 bridgehead atoms. The summed E-state index contributed by atoms with van der Waals surface area (Å²) < 4.78 is 4.81. The number of rotatable bonds is 6. The molecule has 134 valence electrons. The number of carbonyl (C=O) groups excluding carboxylic acids is 2. The molecule has 0 atom stereocenters. The highest BCUT2D eigenvalue weighted by atomic mass is 35.5. The number of benzene rings is 2. The molecule has 0 heterocycles. The van der Waals surface area contributed by atoms with E-state index in [0.29, 0.717) is 21.3 Å². The molecule has 1 amide bonds. The molecule has 0 spiro atoms. The van der Waals surface area contributed by atoms with Crippen LogP contribution in [0.1, 0.15) is 5.56 Å². The Morgan fingerprint density at radius 1 is 1.15 bits per heavy atom. The van der Waals surface area contributed by atoms with Gasteiger partial charge in [-0.05, 0) is 35.9 Å². The number of esters is 1. The van der Waals surface area contributed by atoms with Crippen molar-refractivity contribution in [2.45, 2.75) is 0 Å². The minimum Gasteiger partial charge on any atom is -0.452 e. The molecule has 0 aliphatic rings. The van der Waals surface area contributed by atoms with Gasteiger partial charge in [0.25, 0.3) is 11.6 Å². The zero-order chi connectivity index (χ0) is 19.1. The third kappa shape index (κ3) is 5.87. The van der Waals surface area contributed by atoms with Crippen LogP contribution >= 0.6 is 23.2 Å². The summed E-state index contributed by atoms with van der Waals surface area (Å²) in [5, 5.41) is 13.8. The monoisotopic (exact) mass is 394 g/mol. The fourth-order valence-corrected chi connectivity index (χ4v) is 2.31. The maximum Gasteiger partial charge on any atom is 0.331 e. The fourth-order valence-electron chi connectivity index (χ4n) is 1.84. The van der Waals surface area contributed by atoms with Crippen molar-refractivity contribution in [2.75, 3.05) is 11.9 Å². The summed E-state index contributed by atoms with van der Waals surface area (Å²) in [5.74, 6) is -1.31. The number of hydrogen-bond acceptors (Lipinski definition) is 5. The minimum absolute atomic E-state index is 0.0968. The van der Waals surface area contributed by atoms with Gasteiger partial charge in [0.1, 0.15) is 0 Å². The first kappa shape index (κ1) is 19.4. The Bertz CT molecular complexity index is 866. The van der Waals surface area contributed by atoms with Gasteiger partial charge in [0.15, 0.2) is 6.61 Å². The number of nitro benzene ring substituents is 1. The second-order valence-electron chi connectivity index (χ2n) is 4.96. The molecule has 0 aromatic heterocycles. The molecular formula is C17H12Cl2N2O5. The van der Waals surface area contributed by atoms with Gasteiger partial charge in [-0.3, -0.25) is 14.9 Å². The zero-order valence-corrected chi connectivity index (χ0v) is 14.7. The van der Waals surface area contributed by atoms with E-state index < -0.39 is 23.4 Å². The average molecular weight is 395 g/mol. The van der Waals surface area contributed by atoms with Crippen molar-refractivity contribution in [1.29, 1.82) is 0 Å². The molecule has 1 N–H and O–H groups in total. The lowest BCUT2D eigenvalue weighted by Crippen LogP contribution is -2.20. The molecule has 0 saturated heterocycles. The Hall–Kier alpha value is -2.90. The number of nitro groups is 1. The van der Waals surface area contributed by atoms with Gasteiger partial charge in [-0.1, -0.05) is 29.3 Å². The Balaban J connectivity index is 1.83. The Kier molecular flexibility index (Phi) is 6.71. The fraction of sp³-hybridized carbons (Fsp3) is 0.0588. The lowest BCUT2D eigenvalue weighted by atomic mass is 10.2. The molecule has 26 heavy (non-hydrogen) atoms. The van der Waals surface area contributed by atoms with Gasteiger partial charge in [0.2, 0.25) is 0 Å². The maximum absolute atomic E-state index is 11.7. The van der Waals surface area contributed by atoms with Gasteiger partial charge in [0.05, 0.1) is 4.92 Å². The number of hydrogen-bond donors (Lipinski definition) is 1. The van der Waals surface area contributed by atoms with Gasteiger partial charge in [0, 0.05) is 33.9 Å². The molecule has 2 rings (SSSR count). The van der Waals surface area contributed by atoms with Crippen LogP contribution in [0.5, 0.6) is 0 Å². The van der Waals surface area contributed by atoms with Crippen molar-refractivity contribution < 1.29 is 19.2 Å². The normalized spacial score (nSPS) is 10.5. The summed E-state index contributed by atoms with van der Waals surface area (Å²) >= 11 is 11.7. The van der Waals surface area contributed by atoms with Crippen LogP contribution in [-0.4, -0.2) is 23.4 Å². The first-order chi connectivity index (χ1) is 12.3. The molecular weight excluding hydrogens is 383 g/mol. The van der Waals surface area contributed by atoms with Crippen LogP contribution in [-0.2, 0) is 14.3 Å². The second kappa shape index (κ2) is 8.98. The lowest BCUT2D eigenvalue weighted by molar-refractivity contribution is -0.384. The van der Waals surface area contributed by atoms with Crippen LogP contribution in [0.3, 0.4) is 0 Å². The van der Waals surface area contributed by atoms with Crippen molar-refractivity contribution in [2.24, 2.45) is 0 Å². The van der Waals surface area contributed by atoms with Crippen molar-refractivity contribution >= 4 is 52.5 Å². The van der Waals surface area contributed by atoms with E-state index in [-0.39, 0.29) is 5.69 Å². The van der Waals surface area contributed by atoms with Gasteiger partial charge < -0.3 is 10.1 Å². The molecule has 0 radical (unpaired) electrons. The number of non-ortho nitro benzene ring substituents is 1. The third-order valence-electron chi connectivity index (χ3n) is 3.07. The second-order valence-corrected chi connectivity index (χ2v) is 5.80. The smallest absolute Gasteiger partial charge is 0.331 e. The number of amides is 1. The topological polar surface area (TPSA) is 98.5 Å². The molecule has 2 aromatic rings. The SMILES string of the molecule is O=C(COC(=O)/C=C/c1ccc(Cl)cc1Cl)Nc1ccc([N+](=O)[O-])cc1. The van der Waals surface area contributed by atoms with Crippen LogP contribution < -0.4 is 5.32 Å². The number of anilines is 1. The molecule has 0 saturated carbocycles. The number of ether oxygens (including phenoxy) is 1. The minimum atomic E-state index is -0.727. The highest BCUT2D eigenvalue weighted by Gasteiger charge is 2.08. The standard InChI is InChI=1S/C17H12Cl2N2O5/c18-12-3-1-11(15(19)9-12)2-8-17(23)26-10-16(22)20-13-4-6-14(7-5-13)21(24)25/h1-9H,10H2,(H,20,22)/b8-2+. The van der Waals surface area contributed by atoms with Crippen molar-refractivity contribution in [3.05, 3.63) is 74.3 Å². The lowest BCUT2D eigenvalue weighted by Gasteiger charge is -2.05. The van der Waals surface area contributed by atoms with Crippen LogP contribution in [0.15, 0.2) is 48.5 Å². The highest BCUT2D eigenvalue weighted by molar-refractivity contribution is 6.35. The average Bonchev–Trinajstić information content (AvgIpc) is 2.59. The number of carbonyl (C=O) groups is 2. The Morgan fingerprint density at radius 3 is 2.46 bits per heavy atom. The molecule has 9 heteroatoms. The molecule has 7 nitrogen and oxygen atoms in total.